The highest BCUT2D eigenvalue weighted by Crippen LogP contribution is 2.12. The van der Waals surface area contributed by atoms with Crippen molar-refractivity contribution >= 4 is 11.6 Å². The Kier molecular flexibility index (Phi) is 3.92. The topological polar surface area (TPSA) is 38.2 Å². The van der Waals surface area contributed by atoms with Gasteiger partial charge in [-0.05, 0) is 14.1 Å². The smallest absolute Gasteiger partial charge is 0.155 e. The van der Waals surface area contributed by atoms with Gasteiger partial charge in [-0.25, -0.2) is 0 Å². The lowest BCUT2D eigenvalue weighted by Crippen LogP contribution is -2.19. The fraction of sp³-hybridized carbons (Fsp3) is 0.500. The van der Waals surface area contributed by atoms with Crippen LogP contribution in [0.2, 0.25) is 5.15 Å². The van der Waals surface area contributed by atoms with E-state index in [4.69, 9.17) is 16.3 Å². The largest absolute Gasteiger partial charge is 0.490 e. The van der Waals surface area contributed by atoms with Gasteiger partial charge in [0.05, 0.1) is 6.20 Å². The van der Waals surface area contributed by atoms with Crippen LogP contribution in [0.25, 0.3) is 0 Å². The van der Waals surface area contributed by atoms with Crippen molar-refractivity contribution in [2.45, 2.75) is 0 Å². The first-order chi connectivity index (χ1) is 6.18. The highest BCUT2D eigenvalue weighted by Gasteiger charge is 1.96. The minimum absolute atomic E-state index is 0.349. The summed E-state index contributed by atoms with van der Waals surface area (Å²) < 4.78 is 5.37. The van der Waals surface area contributed by atoms with Gasteiger partial charge in [0.2, 0.25) is 0 Å². The van der Waals surface area contributed by atoms with Crippen LogP contribution in [0, 0.1) is 0 Å². The van der Waals surface area contributed by atoms with Crippen molar-refractivity contribution in [3.8, 4) is 5.75 Å². The van der Waals surface area contributed by atoms with Crippen molar-refractivity contribution in [2.75, 3.05) is 27.2 Å². The predicted octanol–water partition coefficient (Wildman–Crippen LogP) is 1.07. The molecule has 1 rings (SSSR count). The zero-order valence-corrected chi connectivity index (χ0v) is 8.45. The Balaban J connectivity index is 2.37. The number of hydrogen-bond acceptors (Lipinski definition) is 4. The third kappa shape index (κ3) is 4.05. The number of aromatic nitrogens is 2. The molecule has 0 aromatic carbocycles. The highest BCUT2D eigenvalue weighted by molar-refractivity contribution is 6.29. The quantitative estimate of drug-likeness (QED) is 0.731. The van der Waals surface area contributed by atoms with Gasteiger partial charge in [-0.2, -0.15) is 5.10 Å². The van der Waals surface area contributed by atoms with Crippen molar-refractivity contribution in [1.29, 1.82) is 0 Å². The lowest BCUT2D eigenvalue weighted by molar-refractivity contribution is 0.260. The van der Waals surface area contributed by atoms with E-state index in [-0.39, 0.29) is 0 Å². The first kappa shape index (κ1) is 10.2. The SMILES string of the molecule is CN(C)CCOc1cnnc(Cl)c1. The fourth-order valence-corrected chi connectivity index (χ4v) is 0.901. The van der Waals surface area contributed by atoms with Crippen LogP contribution in [0.4, 0.5) is 0 Å². The summed E-state index contributed by atoms with van der Waals surface area (Å²) in [6.45, 7) is 1.48. The van der Waals surface area contributed by atoms with Gasteiger partial charge in [0.15, 0.2) is 5.15 Å². The number of nitrogens with zero attached hydrogens (tertiary/aromatic N) is 3. The van der Waals surface area contributed by atoms with Crippen LogP contribution < -0.4 is 4.74 Å². The number of halogens is 1. The standard InChI is InChI=1S/C8H12ClN3O/c1-12(2)3-4-13-7-5-8(9)11-10-6-7/h5-6H,3-4H2,1-2H3. The first-order valence-corrected chi connectivity index (χ1v) is 4.32. The zero-order chi connectivity index (χ0) is 9.68. The first-order valence-electron chi connectivity index (χ1n) is 3.94. The maximum Gasteiger partial charge on any atom is 0.155 e. The summed E-state index contributed by atoms with van der Waals surface area (Å²) in [5, 5.41) is 7.62. The van der Waals surface area contributed by atoms with Gasteiger partial charge in [-0.1, -0.05) is 11.6 Å². The van der Waals surface area contributed by atoms with E-state index in [1.165, 1.54) is 0 Å². The molecule has 0 unspecified atom stereocenters. The minimum Gasteiger partial charge on any atom is -0.490 e. The number of hydrogen-bond donors (Lipinski definition) is 0. The van der Waals surface area contributed by atoms with E-state index in [9.17, 15) is 0 Å². The average Bonchev–Trinajstić information content (AvgIpc) is 2.03. The lowest BCUT2D eigenvalue weighted by Gasteiger charge is -2.10. The Bertz CT molecular complexity index is 267. The van der Waals surface area contributed by atoms with Crippen LogP contribution in [0.5, 0.6) is 5.75 Å². The van der Waals surface area contributed by atoms with Gasteiger partial charge in [0, 0.05) is 12.6 Å². The molecule has 1 heterocycles. The molecular weight excluding hydrogens is 190 g/mol. The zero-order valence-electron chi connectivity index (χ0n) is 7.70. The molecule has 1 aromatic heterocycles. The van der Waals surface area contributed by atoms with Crippen LogP contribution in [-0.4, -0.2) is 42.3 Å². The third-order valence-corrected chi connectivity index (χ3v) is 1.59. The predicted molar refractivity (Wildman–Crippen MR) is 51.1 cm³/mol. The molecule has 0 saturated carbocycles. The Hall–Kier alpha value is -0.870. The Morgan fingerprint density at radius 2 is 2.31 bits per heavy atom. The monoisotopic (exact) mass is 201 g/mol. The molecule has 0 aliphatic heterocycles. The summed E-state index contributed by atoms with van der Waals surface area (Å²) in [6, 6.07) is 1.64. The molecule has 0 spiro atoms. The maximum atomic E-state index is 5.62. The molecule has 0 radical (unpaired) electrons. The molecule has 0 aliphatic rings. The molecule has 1 aromatic rings. The van der Waals surface area contributed by atoms with E-state index in [0.717, 1.165) is 6.54 Å². The molecule has 13 heavy (non-hydrogen) atoms. The fourth-order valence-electron chi connectivity index (χ4n) is 0.749. The van der Waals surface area contributed by atoms with E-state index in [1.807, 2.05) is 19.0 Å². The van der Waals surface area contributed by atoms with E-state index in [0.29, 0.717) is 17.5 Å². The molecule has 0 N–H and O–H groups in total. The van der Waals surface area contributed by atoms with Gasteiger partial charge < -0.3 is 9.64 Å². The van der Waals surface area contributed by atoms with Gasteiger partial charge >= 0.3 is 0 Å². The molecule has 0 amide bonds. The molecule has 0 aliphatic carbocycles. The molecular formula is C8H12ClN3O. The molecule has 4 nitrogen and oxygen atoms in total. The summed E-state index contributed by atoms with van der Waals surface area (Å²) in [6.07, 6.45) is 1.54. The van der Waals surface area contributed by atoms with Gasteiger partial charge in [0.1, 0.15) is 12.4 Å². The maximum absolute atomic E-state index is 5.62. The van der Waals surface area contributed by atoms with Crippen LogP contribution in [0.3, 0.4) is 0 Å². The van der Waals surface area contributed by atoms with Gasteiger partial charge in [-0.15, -0.1) is 5.10 Å². The molecule has 0 atom stereocenters. The molecule has 0 saturated heterocycles. The van der Waals surface area contributed by atoms with E-state index in [2.05, 4.69) is 10.2 Å². The Morgan fingerprint density at radius 1 is 1.54 bits per heavy atom. The highest BCUT2D eigenvalue weighted by atomic mass is 35.5. The second-order valence-corrected chi connectivity index (χ2v) is 3.25. The van der Waals surface area contributed by atoms with Crippen LogP contribution in [-0.2, 0) is 0 Å². The summed E-state index contributed by atoms with van der Waals surface area (Å²) in [4.78, 5) is 2.04. The summed E-state index contributed by atoms with van der Waals surface area (Å²) in [7, 11) is 3.97. The van der Waals surface area contributed by atoms with E-state index >= 15 is 0 Å². The molecule has 0 bridgehead atoms. The number of rotatable bonds is 4. The van der Waals surface area contributed by atoms with Crippen molar-refractivity contribution in [3.63, 3.8) is 0 Å². The van der Waals surface area contributed by atoms with Crippen molar-refractivity contribution in [3.05, 3.63) is 17.4 Å². The Labute approximate surface area is 82.5 Å². The summed E-state index contributed by atoms with van der Waals surface area (Å²) in [5.41, 5.74) is 0. The van der Waals surface area contributed by atoms with Crippen molar-refractivity contribution in [2.24, 2.45) is 0 Å². The van der Waals surface area contributed by atoms with Crippen LogP contribution >= 0.6 is 11.6 Å². The molecule has 0 fully saturated rings. The second-order valence-electron chi connectivity index (χ2n) is 2.87. The minimum atomic E-state index is 0.349. The average molecular weight is 202 g/mol. The van der Waals surface area contributed by atoms with Crippen molar-refractivity contribution in [1.82, 2.24) is 15.1 Å². The number of likely N-dealkylation sites (N-methyl/N-ethyl adjacent to an activating group) is 1. The third-order valence-electron chi connectivity index (χ3n) is 1.41. The van der Waals surface area contributed by atoms with Crippen LogP contribution in [0.15, 0.2) is 12.3 Å². The molecule has 72 valence electrons. The second kappa shape index (κ2) is 4.99. The van der Waals surface area contributed by atoms with Crippen LogP contribution in [0.1, 0.15) is 0 Å². The summed E-state index contributed by atoms with van der Waals surface area (Å²) >= 11 is 5.62. The number of ether oxygens (including phenoxy) is 1. The van der Waals surface area contributed by atoms with E-state index in [1.54, 1.807) is 12.3 Å². The molecule has 5 heteroatoms. The van der Waals surface area contributed by atoms with Gasteiger partial charge in [0.25, 0.3) is 0 Å². The van der Waals surface area contributed by atoms with Gasteiger partial charge in [-0.3, -0.25) is 0 Å². The lowest BCUT2D eigenvalue weighted by atomic mass is 10.5. The Morgan fingerprint density at radius 3 is 2.92 bits per heavy atom. The summed E-state index contributed by atoms with van der Waals surface area (Å²) in [5.74, 6) is 0.654. The van der Waals surface area contributed by atoms with E-state index < -0.39 is 0 Å². The normalized spacial score (nSPS) is 10.5. The van der Waals surface area contributed by atoms with Crippen molar-refractivity contribution < 1.29 is 4.74 Å².